The van der Waals surface area contributed by atoms with Crippen LogP contribution in [0.5, 0.6) is 17.2 Å². The van der Waals surface area contributed by atoms with Crippen molar-refractivity contribution in [3.63, 3.8) is 0 Å². The number of methoxy groups -OCH3 is 3. The van der Waals surface area contributed by atoms with E-state index in [1.54, 1.807) is 19.2 Å². The first-order chi connectivity index (χ1) is 11.7. The summed E-state index contributed by atoms with van der Waals surface area (Å²) in [6.07, 6.45) is 5.12. The van der Waals surface area contributed by atoms with Gasteiger partial charge in [-0.25, -0.2) is 0 Å². The summed E-state index contributed by atoms with van der Waals surface area (Å²) in [5, 5.41) is 2.97. The average molecular weight is 336 g/mol. The zero-order chi connectivity index (χ0) is 17.4. The van der Waals surface area contributed by atoms with Crippen LogP contribution in [0.4, 0.5) is 0 Å². The standard InChI is InChI=1S/C18H28N2O4/c1-22-15-9-8-14(16(23-2)17(15)24-3)18(21)19-10-13-20-11-6-4-5-7-12-20/h8-9H,4-7,10-13H2,1-3H3,(H,19,21). The topological polar surface area (TPSA) is 60.0 Å². The minimum absolute atomic E-state index is 0.164. The van der Waals surface area contributed by atoms with Crippen molar-refractivity contribution in [1.82, 2.24) is 10.2 Å². The highest BCUT2D eigenvalue weighted by molar-refractivity contribution is 5.98. The predicted octanol–water partition coefficient (Wildman–Crippen LogP) is 2.32. The number of carbonyl (C=O) groups excluding carboxylic acids is 1. The smallest absolute Gasteiger partial charge is 0.255 e. The first-order valence-electron chi connectivity index (χ1n) is 8.50. The third kappa shape index (κ3) is 4.54. The molecule has 0 spiro atoms. The first-order valence-corrected chi connectivity index (χ1v) is 8.50. The number of nitrogens with zero attached hydrogens (tertiary/aromatic N) is 1. The van der Waals surface area contributed by atoms with Crippen LogP contribution in [0.3, 0.4) is 0 Å². The quantitative estimate of drug-likeness (QED) is 0.828. The van der Waals surface area contributed by atoms with Gasteiger partial charge in [0.15, 0.2) is 11.5 Å². The Hall–Kier alpha value is -1.95. The van der Waals surface area contributed by atoms with Gasteiger partial charge in [0, 0.05) is 13.1 Å². The molecule has 1 saturated heterocycles. The molecule has 1 aromatic rings. The fourth-order valence-corrected chi connectivity index (χ4v) is 3.06. The number of nitrogens with one attached hydrogen (secondary N) is 1. The molecule has 1 aliphatic rings. The summed E-state index contributed by atoms with van der Waals surface area (Å²) in [4.78, 5) is 14.9. The predicted molar refractivity (Wildman–Crippen MR) is 93.3 cm³/mol. The average Bonchev–Trinajstić information content (AvgIpc) is 2.88. The Bertz CT molecular complexity index is 540. The van der Waals surface area contributed by atoms with Gasteiger partial charge in [-0.1, -0.05) is 12.8 Å². The van der Waals surface area contributed by atoms with E-state index >= 15 is 0 Å². The molecule has 1 fully saturated rings. The van der Waals surface area contributed by atoms with Crippen LogP contribution >= 0.6 is 0 Å². The van der Waals surface area contributed by atoms with Gasteiger partial charge in [0.25, 0.3) is 5.91 Å². The van der Waals surface area contributed by atoms with Crippen molar-refractivity contribution < 1.29 is 19.0 Å². The van der Waals surface area contributed by atoms with Crippen molar-refractivity contribution in [3.05, 3.63) is 17.7 Å². The molecular weight excluding hydrogens is 308 g/mol. The Morgan fingerprint density at radius 3 is 2.25 bits per heavy atom. The van der Waals surface area contributed by atoms with E-state index in [0.29, 0.717) is 29.4 Å². The van der Waals surface area contributed by atoms with Gasteiger partial charge in [0.2, 0.25) is 5.75 Å². The minimum Gasteiger partial charge on any atom is -0.493 e. The lowest BCUT2D eigenvalue weighted by molar-refractivity contribution is 0.0944. The Morgan fingerprint density at radius 2 is 1.67 bits per heavy atom. The van der Waals surface area contributed by atoms with Crippen LogP contribution in [-0.4, -0.2) is 58.3 Å². The number of benzene rings is 1. The summed E-state index contributed by atoms with van der Waals surface area (Å²) in [5.74, 6) is 1.20. The number of rotatable bonds is 7. The Morgan fingerprint density at radius 1 is 1.00 bits per heavy atom. The van der Waals surface area contributed by atoms with Crippen LogP contribution < -0.4 is 19.5 Å². The van der Waals surface area contributed by atoms with E-state index in [0.717, 1.165) is 19.6 Å². The Kier molecular flexibility index (Phi) is 7.18. The van der Waals surface area contributed by atoms with Gasteiger partial charge in [-0.15, -0.1) is 0 Å². The Labute approximate surface area is 144 Å². The van der Waals surface area contributed by atoms with E-state index in [4.69, 9.17) is 14.2 Å². The highest BCUT2D eigenvalue weighted by atomic mass is 16.5. The second kappa shape index (κ2) is 9.37. The van der Waals surface area contributed by atoms with Crippen LogP contribution in [0.15, 0.2) is 12.1 Å². The van der Waals surface area contributed by atoms with E-state index in [1.165, 1.54) is 39.9 Å². The van der Waals surface area contributed by atoms with Crippen molar-refractivity contribution in [2.45, 2.75) is 25.7 Å². The van der Waals surface area contributed by atoms with E-state index in [1.807, 2.05) is 0 Å². The highest BCUT2D eigenvalue weighted by Gasteiger charge is 2.20. The molecule has 1 amide bonds. The van der Waals surface area contributed by atoms with Crippen LogP contribution in [0.25, 0.3) is 0 Å². The zero-order valence-corrected chi connectivity index (χ0v) is 14.9. The lowest BCUT2D eigenvalue weighted by Crippen LogP contribution is -2.35. The maximum Gasteiger partial charge on any atom is 0.255 e. The van der Waals surface area contributed by atoms with Gasteiger partial charge >= 0.3 is 0 Å². The number of hydrogen-bond acceptors (Lipinski definition) is 5. The van der Waals surface area contributed by atoms with Gasteiger partial charge in [-0.3, -0.25) is 4.79 Å². The van der Waals surface area contributed by atoms with Gasteiger partial charge < -0.3 is 24.4 Å². The summed E-state index contributed by atoms with van der Waals surface area (Å²) in [7, 11) is 4.60. The van der Waals surface area contributed by atoms with Crippen LogP contribution in [0.2, 0.25) is 0 Å². The first kappa shape index (κ1) is 18.4. The third-order valence-corrected chi connectivity index (χ3v) is 4.36. The number of likely N-dealkylation sites (tertiary alicyclic amines) is 1. The second-order valence-electron chi connectivity index (χ2n) is 5.89. The number of hydrogen-bond donors (Lipinski definition) is 1. The fourth-order valence-electron chi connectivity index (χ4n) is 3.06. The molecule has 6 heteroatoms. The summed E-state index contributed by atoms with van der Waals surface area (Å²) >= 11 is 0. The molecule has 0 bridgehead atoms. The largest absolute Gasteiger partial charge is 0.493 e. The molecule has 0 aromatic heterocycles. The molecule has 1 heterocycles. The van der Waals surface area contributed by atoms with E-state index in [9.17, 15) is 4.79 Å². The number of ether oxygens (including phenoxy) is 3. The number of amides is 1. The number of carbonyl (C=O) groups is 1. The van der Waals surface area contributed by atoms with Crippen molar-refractivity contribution in [1.29, 1.82) is 0 Å². The molecule has 1 N–H and O–H groups in total. The van der Waals surface area contributed by atoms with Crippen molar-refractivity contribution in [3.8, 4) is 17.2 Å². The van der Waals surface area contributed by atoms with Gasteiger partial charge in [0.05, 0.1) is 26.9 Å². The summed E-state index contributed by atoms with van der Waals surface area (Å²) < 4.78 is 15.9. The molecular formula is C18H28N2O4. The molecule has 0 saturated carbocycles. The third-order valence-electron chi connectivity index (χ3n) is 4.36. The van der Waals surface area contributed by atoms with Crippen LogP contribution in [0.1, 0.15) is 36.0 Å². The normalized spacial score (nSPS) is 15.5. The minimum atomic E-state index is -0.164. The summed E-state index contributed by atoms with van der Waals surface area (Å²) in [5.41, 5.74) is 0.450. The molecule has 0 aliphatic carbocycles. The maximum absolute atomic E-state index is 12.5. The molecule has 6 nitrogen and oxygen atoms in total. The molecule has 1 aromatic carbocycles. The van der Waals surface area contributed by atoms with Crippen LogP contribution in [0, 0.1) is 0 Å². The second-order valence-corrected chi connectivity index (χ2v) is 5.89. The Balaban J connectivity index is 1.98. The SMILES string of the molecule is COc1ccc(C(=O)NCCN2CCCCCC2)c(OC)c1OC. The van der Waals surface area contributed by atoms with E-state index in [2.05, 4.69) is 10.2 Å². The fraction of sp³-hybridized carbons (Fsp3) is 0.611. The van der Waals surface area contributed by atoms with Crippen LogP contribution in [-0.2, 0) is 0 Å². The zero-order valence-electron chi connectivity index (χ0n) is 14.9. The van der Waals surface area contributed by atoms with E-state index in [-0.39, 0.29) is 5.91 Å². The maximum atomic E-state index is 12.5. The molecule has 0 unspecified atom stereocenters. The highest BCUT2D eigenvalue weighted by Crippen LogP contribution is 2.39. The summed E-state index contributed by atoms with van der Waals surface area (Å²) in [6, 6.07) is 3.41. The molecule has 24 heavy (non-hydrogen) atoms. The molecule has 0 atom stereocenters. The molecule has 1 aliphatic heterocycles. The van der Waals surface area contributed by atoms with Gasteiger partial charge in [-0.2, -0.15) is 0 Å². The van der Waals surface area contributed by atoms with Crippen molar-refractivity contribution in [2.75, 3.05) is 47.5 Å². The van der Waals surface area contributed by atoms with Crippen molar-refractivity contribution in [2.24, 2.45) is 0 Å². The van der Waals surface area contributed by atoms with Gasteiger partial charge in [-0.05, 0) is 38.1 Å². The summed E-state index contributed by atoms with van der Waals surface area (Å²) in [6.45, 7) is 3.74. The van der Waals surface area contributed by atoms with Crippen molar-refractivity contribution >= 4 is 5.91 Å². The molecule has 2 rings (SSSR count). The lowest BCUT2D eigenvalue weighted by Gasteiger charge is -2.20. The lowest BCUT2D eigenvalue weighted by atomic mass is 10.1. The monoisotopic (exact) mass is 336 g/mol. The molecule has 134 valence electrons. The van der Waals surface area contributed by atoms with E-state index < -0.39 is 0 Å². The van der Waals surface area contributed by atoms with Gasteiger partial charge in [0.1, 0.15) is 0 Å². The molecule has 0 radical (unpaired) electrons.